The largest absolute Gasteiger partial charge is 0.480 e. The summed E-state index contributed by atoms with van der Waals surface area (Å²) >= 11 is 0. The molecule has 9 nitrogen and oxygen atoms in total. The van der Waals surface area contributed by atoms with Gasteiger partial charge in [0.2, 0.25) is 0 Å². The molecular weight excluding hydrogens is 464 g/mol. The number of nitrogens with one attached hydrogen (secondary N) is 1. The molecule has 2 atom stereocenters. The predicted octanol–water partition coefficient (Wildman–Crippen LogP) is 3.39. The number of amides is 1. The van der Waals surface area contributed by atoms with E-state index in [4.69, 9.17) is 20.3 Å². The van der Waals surface area contributed by atoms with Gasteiger partial charge in [-0.1, -0.05) is 48.5 Å². The number of ether oxygens (including phenoxy) is 2. The fourth-order valence-corrected chi connectivity index (χ4v) is 4.20. The molecule has 0 radical (unpaired) electrons. The molecule has 36 heavy (non-hydrogen) atoms. The van der Waals surface area contributed by atoms with Gasteiger partial charge in [0.25, 0.3) is 0 Å². The summed E-state index contributed by atoms with van der Waals surface area (Å²) in [6, 6.07) is 13.2. The maximum atomic E-state index is 12.7. The van der Waals surface area contributed by atoms with E-state index in [-0.39, 0.29) is 25.4 Å². The summed E-state index contributed by atoms with van der Waals surface area (Å²) in [4.78, 5) is 48.6. The van der Waals surface area contributed by atoms with Crippen molar-refractivity contribution in [3.05, 3.63) is 59.7 Å². The van der Waals surface area contributed by atoms with E-state index in [1.165, 1.54) is 0 Å². The van der Waals surface area contributed by atoms with Crippen molar-refractivity contribution in [2.75, 3.05) is 6.61 Å². The fraction of sp³-hybridized carbons (Fsp3) is 0.407. The summed E-state index contributed by atoms with van der Waals surface area (Å²) in [5, 5.41) is 11.5. The summed E-state index contributed by atoms with van der Waals surface area (Å²) in [7, 11) is 0. The van der Waals surface area contributed by atoms with Gasteiger partial charge in [0.1, 0.15) is 18.2 Å². The maximum Gasteiger partial charge on any atom is 0.407 e. The Labute approximate surface area is 210 Å². The Morgan fingerprint density at radius 1 is 1.00 bits per heavy atom. The summed E-state index contributed by atoms with van der Waals surface area (Å²) in [5.74, 6) is -2.66. The molecule has 3 rings (SSSR count). The highest BCUT2D eigenvalue weighted by molar-refractivity contribution is 5.91. The van der Waals surface area contributed by atoms with Crippen LogP contribution in [0.1, 0.15) is 57.1 Å². The molecule has 192 valence electrons. The monoisotopic (exact) mass is 496 g/mol. The fourth-order valence-electron chi connectivity index (χ4n) is 4.20. The molecule has 4 N–H and O–H groups in total. The van der Waals surface area contributed by atoms with E-state index in [9.17, 15) is 19.2 Å². The van der Waals surface area contributed by atoms with Crippen molar-refractivity contribution >= 4 is 23.8 Å². The summed E-state index contributed by atoms with van der Waals surface area (Å²) in [6.45, 7) is 5.19. The number of aliphatic carboxylic acids is 1. The van der Waals surface area contributed by atoms with Crippen LogP contribution in [0.5, 0.6) is 0 Å². The number of carbonyl (C=O) groups is 4. The predicted molar refractivity (Wildman–Crippen MR) is 132 cm³/mol. The lowest BCUT2D eigenvalue weighted by molar-refractivity contribution is -0.155. The van der Waals surface area contributed by atoms with Crippen LogP contribution in [0, 0.1) is 0 Å². The molecule has 1 aliphatic rings. The lowest BCUT2D eigenvalue weighted by atomic mass is 9.98. The molecule has 1 amide bonds. The number of hydrogen-bond acceptors (Lipinski definition) is 7. The number of hydrogen-bond donors (Lipinski definition) is 3. The molecule has 9 heteroatoms. The topological polar surface area (TPSA) is 145 Å². The Hall–Kier alpha value is -3.72. The van der Waals surface area contributed by atoms with E-state index >= 15 is 0 Å². The third-order valence-corrected chi connectivity index (χ3v) is 5.82. The third-order valence-electron chi connectivity index (χ3n) is 5.82. The number of rotatable bonds is 10. The molecule has 0 aliphatic heterocycles. The number of alkyl carbamates (subject to hydrolysis) is 1. The lowest BCUT2D eigenvalue weighted by Crippen LogP contribution is -2.45. The van der Waals surface area contributed by atoms with Gasteiger partial charge in [0, 0.05) is 18.8 Å². The SMILES string of the molecule is CC(C)(C)OC(=O)CCC(NC(=O)OCC1c2ccccc2-c2ccccc21)C(=O)C[C@H](N)C(=O)O. The van der Waals surface area contributed by atoms with Crippen LogP contribution in [0.15, 0.2) is 48.5 Å². The molecule has 0 heterocycles. The number of carboxylic acid groups (broad SMARTS) is 1. The second-order valence-electron chi connectivity index (χ2n) is 9.76. The first-order chi connectivity index (χ1) is 17.0. The normalized spacial score (nSPS) is 14.2. The van der Waals surface area contributed by atoms with Crippen LogP contribution in [0.2, 0.25) is 0 Å². The number of carboxylic acids is 1. The van der Waals surface area contributed by atoms with E-state index < -0.39 is 47.9 Å². The average Bonchev–Trinajstić information content (AvgIpc) is 3.12. The van der Waals surface area contributed by atoms with Crippen molar-refractivity contribution in [3.63, 3.8) is 0 Å². The van der Waals surface area contributed by atoms with Gasteiger partial charge in [-0.05, 0) is 49.4 Å². The highest BCUT2D eigenvalue weighted by atomic mass is 16.6. The van der Waals surface area contributed by atoms with Crippen molar-refractivity contribution in [2.24, 2.45) is 5.73 Å². The summed E-state index contributed by atoms with van der Waals surface area (Å²) < 4.78 is 10.8. The molecule has 1 aliphatic carbocycles. The van der Waals surface area contributed by atoms with E-state index in [1.807, 2.05) is 48.5 Å². The molecule has 0 saturated heterocycles. The van der Waals surface area contributed by atoms with Crippen LogP contribution in [-0.2, 0) is 23.9 Å². The zero-order chi connectivity index (χ0) is 26.5. The summed E-state index contributed by atoms with van der Waals surface area (Å²) in [6.07, 6.45) is -1.58. The lowest BCUT2D eigenvalue weighted by Gasteiger charge is -2.22. The molecule has 0 saturated carbocycles. The minimum atomic E-state index is -1.43. The minimum absolute atomic E-state index is 0.0431. The van der Waals surface area contributed by atoms with Gasteiger partial charge in [-0.15, -0.1) is 0 Å². The third kappa shape index (κ3) is 6.91. The smallest absolute Gasteiger partial charge is 0.407 e. The maximum absolute atomic E-state index is 12.7. The van der Waals surface area contributed by atoms with Gasteiger partial charge in [-0.2, -0.15) is 0 Å². The average molecular weight is 497 g/mol. The van der Waals surface area contributed by atoms with Gasteiger partial charge in [0.15, 0.2) is 5.78 Å². The minimum Gasteiger partial charge on any atom is -0.480 e. The number of carbonyl (C=O) groups excluding carboxylic acids is 3. The van der Waals surface area contributed by atoms with Gasteiger partial charge in [0.05, 0.1) is 6.04 Å². The highest BCUT2D eigenvalue weighted by Crippen LogP contribution is 2.44. The highest BCUT2D eigenvalue weighted by Gasteiger charge is 2.31. The van der Waals surface area contributed by atoms with Crippen LogP contribution < -0.4 is 11.1 Å². The van der Waals surface area contributed by atoms with Crippen molar-refractivity contribution < 1.29 is 33.8 Å². The second kappa shape index (κ2) is 11.3. The van der Waals surface area contributed by atoms with Crippen molar-refractivity contribution in [3.8, 4) is 11.1 Å². The van der Waals surface area contributed by atoms with E-state index in [0.29, 0.717) is 0 Å². The number of fused-ring (bicyclic) bond motifs is 3. The van der Waals surface area contributed by atoms with Crippen molar-refractivity contribution in [2.45, 2.75) is 63.6 Å². The van der Waals surface area contributed by atoms with Crippen molar-refractivity contribution in [1.29, 1.82) is 0 Å². The number of nitrogens with two attached hydrogens (primary N) is 1. The van der Waals surface area contributed by atoms with Crippen LogP contribution in [0.3, 0.4) is 0 Å². The van der Waals surface area contributed by atoms with Gasteiger partial charge in [-0.3, -0.25) is 14.4 Å². The zero-order valence-electron chi connectivity index (χ0n) is 20.7. The molecule has 1 unspecified atom stereocenters. The first-order valence-corrected chi connectivity index (χ1v) is 11.8. The Balaban J connectivity index is 1.66. The molecule has 2 aromatic rings. The molecule has 0 fully saturated rings. The van der Waals surface area contributed by atoms with E-state index in [2.05, 4.69) is 5.32 Å². The standard InChI is InChI=1S/C27H32N2O7/c1-27(2,3)36-24(31)13-12-22(23(30)14-21(28)25(32)33)29-26(34)35-15-20-18-10-6-4-8-16(18)17-9-5-7-11-19(17)20/h4-11,20-22H,12-15,28H2,1-3H3,(H,29,34)(H,32,33)/t21-,22?/m0/s1. The first kappa shape index (κ1) is 26.9. The molecule has 0 aromatic heterocycles. The van der Waals surface area contributed by atoms with Crippen LogP contribution in [0.25, 0.3) is 11.1 Å². The zero-order valence-corrected chi connectivity index (χ0v) is 20.7. The molecule has 0 spiro atoms. The summed E-state index contributed by atoms with van der Waals surface area (Å²) in [5.41, 5.74) is 9.03. The van der Waals surface area contributed by atoms with E-state index in [0.717, 1.165) is 22.3 Å². The second-order valence-corrected chi connectivity index (χ2v) is 9.76. The quantitative estimate of drug-likeness (QED) is 0.425. The van der Waals surface area contributed by atoms with Crippen molar-refractivity contribution in [1.82, 2.24) is 5.32 Å². The van der Waals surface area contributed by atoms with Crippen LogP contribution in [0.4, 0.5) is 4.79 Å². The first-order valence-electron chi connectivity index (χ1n) is 11.8. The Kier molecular flexibility index (Phi) is 8.47. The van der Waals surface area contributed by atoms with E-state index in [1.54, 1.807) is 20.8 Å². The number of ketones is 1. The van der Waals surface area contributed by atoms with Gasteiger partial charge in [-0.25, -0.2) is 4.79 Å². The van der Waals surface area contributed by atoms with Crippen LogP contribution in [-0.4, -0.2) is 53.2 Å². The Morgan fingerprint density at radius 2 is 1.56 bits per heavy atom. The van der Waals surface area contributed by atoms with Crippen LogP contribution >= 0.6 is 0 Å². The number of Topliss-reactive ketones (excluding diaryl/α,β-unsaturated/α-hetero) is 1. The van der Waals surface area contributed by atoms with Gasteiger partial charge < -0.3 is 25.6 Å². The Bertz CT molecular complexity index is 1090. The Morgan fingerprint density at radius 3 is 2.08 bits per heavy atom. The van der Waals surface area contributed by atoms with Gasteiger partial charge >= 0.3 is 18.0 Å². The molecule has 2 aromatic carbocycles. The molecule has 0 bridgehead atoms. The number of esters is 1. The number of benzene rings is 2. The molecular formula is C27H32N2O7.